The zero-order chi connectivity index (χ0) is 20.1. The van der Waals surface area contributed by atoms with Crippen LogP contribution < -0.4 is 10.9 Å². The lowest BCUT2D eigenvalue weighted by Gasteiger charge is -2.13. The van der Waals surface area contributed by atoms with E-state index < -0.39 is 0 Å². The first-order valence-electron chi connectivity index (χ1n) is 9.24. The van der Waals surface area contributed by atoms with Crippen molar-refractivity contribution in [1.29, 1.82) is 0 Å². The van der Waals surface area contributed by atoms with Crippen molar-refractivity contribution in [3.63, 3.8) is 0 Å². The molecule has 3 rings (SSSR count). The summed E-state index contributed by atoms with van der Waals surface area (Å²) in [4.78, 5) is 29.9. The molecule has 0 atom stereocenters. The number of amides is 1. The van der Waals surface area contributed by atoms with E-state index in [-0.39, 0.29) is 17.2 Å². The minimum absolute atomic E-state index is 0.109. The van der Waals surface area contributed by atoms with E-state index >= 15 is 0 Å². The second-order valence-electron chi connectivity index (χ2n) is 6.36. The Morgan fingerprint density at radius 3 is 2.75 bits per heavy atom. The standard InChI is InChI=1S/C21H22ClN3O2S/c1-3-11-25-20(27)16-10-9-15(22)12-18(16)24-21(25)28-13-19(26)23-17-8-6-5-7-14(17)4-2/h5-10,12H,3-4,11,13H2,1-2H3,(H,23,26). The molecule has 5 nitrogen and oxygen atoms in total. The molecule has 0 radical (unpaired) electrons. The number of rotatable bonds is 7. The molecule has 146 valence electrons. The molecule has 0 aliphatic heterocycles. The van der Waals surface area contributed by atoms with E-state index in [4.69, 9.17) is 11.6 Å². The average Bonchev–Trinajstić information content (AvgIpc) is 2.69. The molecule has 1 aromatic heterocycles. The van der Waals surface area contributed by atoms with E-state index in [9.17, 15) is 9.59 Å². The van der Waals surface area contributed by atoms with Crippen LogP contribution in [0.2, 0.25) is 5.02 Å². The van der Waals surface area contributed by atoms with Gasteiger partial charge in [0, 0.05) is 17.3 Å². The quantitative estimate of drug-likeness (QED) is 0.446. The third kappa shape index (κ3) is 4.56. The number of nitrogens with zero attached hydrogens (tertiary/aromatic N) is 2. The summed E-state index contributed by atoms with van der Waals surface area (Å²) in [5.41, 5.74) is 2.34. The molecule has 0 fully saturated rings. The molecule has 0 aliphatic rings. The molecule has 0 spiro atoms. The predicted molar refractivity (Wildman–Crippen MR) is 116 cm³/mol. The number of carbonyl (C=O) groups is 1. The van der Waals surface area contributed by atoms with Crippen molar-refractivity contribution in [2.75, 3.05) is 11.1 Å². The molecule has 0 saturated carbocycles. The number of hydrogen-bond acceptors (Lipinski definition) is 4. The van der Waals surface area contributed by atoms with Gasteiger partial charge in [-0.1, -0.05) is 55.4 Å². The molecule has 0 aliphatic carbocycles. The molecule has 28 heavy (non-hydrogen) atoms. The van der Waals surface area contributed by atoms with Gasteiger partial charge in [0.2, 0.25) is 5.91 Å². The Balaban J connectivity index is 1.83. The fourth-order valence-corrected chi connectivity index (χ4v) is 3.96. The predicted octanol–water partition coefficient (Wildman–Crippen LogP) is 4.75. The van der Waals surface area contributed by atoms with Crippen molar-refractivity contribution in [1.82, 2.24) is 9.55 Å². The lowest BCUT2D eigenvalue weighted by atomic mass is 10.1. The Labute approximate surface area is 173 Å². The first-order chi connectivity index (χ1) is 13.5. The van der Waals surface area contributed by atoms with Crippen LogP contribution in [0, 0.1) is 0 Å². The van der Waals surface area contributed by atoms with Gasteiger partial charge in [-0.2, -0.15) is 0 Å². The van der Waals surface area contributed by atoms with Crippen LogP contribution in [0.3, 0.4) is 0 Å². The van der Waals surface area contributed by atoms with E-state index in [2.05, 4.69) is 10.3 Å². The summed E-state index contributed by atoms with van der Waals surface area (Å²) in [7, 11) is 0. The van der Waals surface area contributed by atoms with Crippen LogP contribution in [-0.4, -0.2) is 21.2 Å². The number of aryl methyl sites for hydroxylation is 1. The zero-order valence-electron chi connectivity index (χ0n) is 15.9. The second kappa shape index (κ2) is 9.26. The van der Waals surface area contributed by atoms with Crippen LogP contribution >= 0.6 is 23.4 Å². The molecule has 1 N–H and O–H groups in total. The molecule has 0 bridgehead atoms. The number of carbonyl (C=O) groups excluding carboxylic acids is 1. The number of anilines is 1. The van der Waals surface area contributed by atoms with Gasteiger partial charge in [0.15, 0.2) is 5.16 Å². The van der Waals surface area contributed by atoms with Crippen molar-refractivity contribution in [2.24, 2.45) is 0 Å². The summed E-state index contributed by atoms with van der Waals surface area (Å²) in [5, 5.41) is 4.53. The van der Waals surface area contributed by atoms with E-state index in [1.54, 1.807) is 22.8 Å². The Morgan fingerprint density at radius 2 is 2.00 bits per heavy atom. The summed E-state index contributed by atoms with van der Waals surface area (Å²) < 4.78 is 1.63. The van der Waals surface area contributed by atoms with Crippen LogP contribution in [0.1, 0.15) is 25.8 Å². The van der Waals surface area contributed by atoms with Gasteiger partial charge in [-0.05, 0) is 42.7 Å². The molecular formula is C21H22ClN3O2S. The lowest BCUT2D eigenvalue weighted by molar-refractivity contribution is -0.113. The van der Waals surface area contributed by atoms with Crippen LogP contribution in [0.15, 0.2) is 52.4 Å². The van der Waals surface area contributed by atoms with Crippen molar-refractivity contribution >= 4 is 45.9 Å². The third-order valence-electron chi connectivity index (χ3n) is 4.33. The second-order valence-corrected chi connectivity index (χ2v) is 7.74. The van der Waals surface area contributed by atoms with Gasteiger partial charge in [0.05, 0.1) is 16.7 Å². The average molecular weight is 416 g/mol. The van der Waals surface area contributed by atoms with Gasteiger partial charge in [-0.15, -0.1) is 0 Å². The van der Waals surface area contributed by atoms with E-state index in [1.807, 2.05) is 38.1 Å². The number of aromatic nitrogens is 2. The Kier molecular flexibility index (Phi) is 6.75. The van der Waals surface area contributed by atoms with Crippen molar-refractivity contribution in [3.05, 3.63) is 63.4 Å². The molecule has 0 unspecified atom stereocenters. The fraction of sp³-hybridized carbons (Fsp3) is 0.286. The van der Waals surface area contributed by atoms with Gasteiger partial charge in [-0.25, -0.2) is 4.98 Å². The topological polar surface area (TPSA) is 64.0 Å². The smallest absolute Gasteiger partial charge is 0.262 e. The maximum atomic E-state index is 12.8. The third-order valence-corrected chi connectivity index (χ3v) is 5.55. The van der Waals surface area contributed by atoms with E-state index in [0.29, 0.717) is 27.6 Å². The van der Waals surface area contributed by atoms with Crippen LogP contribution in [0.25, 0.3) is 10.9 Å². The Bertz CT molecular complexity index is 1070. The van der Waals surface area contributed by atoms with E-state index in [0.717, 1.165) is 24.1 Å². The molecule has 0 saturated heterocycles. The van der Waals surface area contributed by atoms with Gasteiger partial charge in [-0.3, -0.25) is 14.2 Å². The highest BCUT2D eigenvalue weighted by molar-refractivity contribution is 7.99. The highest BCUT2D eigenvalue weighted by atomic mass is 35.5. The first-order valence-corrected chi connectivity index (χ1v) is 10.6. The van der Waals surface area contributed by atoms with Crippen molar-refractivity contribution in [2.45, 2.75) is 38.4 Å². The maximum Gasteiger partial charge on any atom is 0.262 e. The summed E-state index contributed by atoms with van der Waals surface area (Å²) in [5.74, 6) is 0.0367. The SMILES string of the molecule is CCCn1c(SCC(=O)Nc2ccccc2CC)nc2cc(Cl)ccc2c1=O. The molecule has 7 heteroatoms. The largest absolute Gasteiger partial charge is 0.325 e. The molecule has 2 aromatic carbocycles. The van der Waals surface area contributed by atoms with Crippen molar-refractivity contribution < 1.29 is 4.79 Å². The first kappa shape index (κ1) is 20.4. The normalized spacial score (nSPS) is 11.0. The number of halogens is 1. The number of benzene rings is 2. The number of para-hydroxylation sites is 1. The zero-order valence-corrected chi connectivity index (χ0v) is 17.4. The maximum absolute atomic E-state index is 12.8. The fourth-order valence-electron chi connectivity index (χ4n) is 2.97. The van der Waals surface area contributed by atoms with Crippen LogP contribution in [0.4, 0.5) is 5.69 Å². The van der Waals surface area contributed by atoms with E-state index in [1.165, 1.54) is 11.8 Å². The summed E-state index contributed by atoms with van der Waals surface area (Å²) in [6, 6.07) is 12.8. The molecule has 1 heterocycles. The lowest BCUT2D eigenvalue weighted by Crippen LogP contribution is -2.24. The van der Waals surface area contributed by atoms with Crippen LogP contribution in [0.5, 0.6) is 0 Å². The van der Waals surface area contributed by atoms with Gasteiger partial charge in [0.25, 0.3) is 5.56 Å². The molecule has 1 amide bonds. The highest BCUT2D eigenvalue weighted by Gasteiger charge is 2.14. The van der Waals surface area contributed by atoms with Crippen molar-refractivity contribution in [3.8, 4) is 0 Å². The summed E-state index contributed by atoms with van der Waals surface area (Å²) in [6.45, 7) is 4.60. The monoisotopic (exact) mass is 415 g/mol. The highest BCUT2D eigenvalue weighted by Crippen LogP contribution is 2.22. The number of thioether (sulfide) groups is 1. The summed E-state index contributed by atoms with van der Waals surface area (Å²) >= 11 is 7.31. The van der Waals surface area contributed by atoms with Gasteiger partial charge >= 0.3 is 0 Å². The minimum Gasteiger partial charge on any atom is -0.325 e. The molecule has 3 aromatic rings. The Morgan fingerprint density at radius 1 is 1.21 bits per heavy atom. The van der Waals surface area contributed by atoms with Gasteiger partial charge in [0.1, 0.15) is 0 Å². The Hall–Kier alpha value is -2.31. The summed E-state index contributed by atoms with van der Waals surface area (Å²) in [6.07, 6.45) is 1.64. The number of fused-ring (bicyclic) bond motifs is 1. The van der Waals surface area contributed by atoms with Crippen LogP contribution in [-0.2, 0) is 17.8 Å². The number of nitrogens with one attached hydrogen (secondary N) is 1. The number of hydrogen-bond donors (Lipinski definition) is 1. The molecular weight excluding hydrogens is 394 g/mol. The minimum atomic E-state index is -0.130. The van der Waals surface area contributed by atoms with Gasteiger partial charge < -0.3 is 5.32 Å².